The van der Waals surface area contributed by atoms with Gasteiger partial charge in [-0.2, -0.15) is 0 Å². The van der Waals surface area contributed by atoms with Crippen LogP contribution in [0, 0.1) is 0 Å². The highest BCUT2D eigenvalue weighted by Crippen LogP contribution is 2.34. The van der Waals surface area contributed by atoms with Crippen molar-refractivity contribution < 1.29 is 38.7 Å². The molecular weight excluding hydrogens is 940 g/mol. The predicted molar refractivity (Wildman–Crippen MR) is 259 cm³/mol. The predicted octanol–water partition coefficient (Wildman–Crippen LogP) is 0.169. The maximum Gasteiger partial charge on any atom is 0.305 e. The Morgan fingerprint density at radius 1 is 0.750 bits per heavy atom. The van der Waals surface area contributed by atoms with Crippen LogP contribution in [0.1, 0.15) is 67.2 Å². The van der Waals surface area contributed by atoms with Crippen LogP contribution >= 0.6 is 15.9 Å². The number of carboxylic acids is 1. The normalized spacial score (nSPS) is 16.4. The van der Waals surface area contributed by atoms with Gasteiger partial charge in [0.1, 0.15) is 29.7 Å². The number of fused-ring (bicyclic) bond motifs is 2. The van der Waals surface area contributed by atoms with E-state index >= 15 is 0 Å². The number of carbonyl (C=O) groups excluding carboxylic acids is 6. The molecule has 0 fully saturated rings. The number of nitrogens with one attached hydrogen (secondary N) is 6. The monoisotopic (exact) mass is 1000 g/mol. The molecule has 0 spiro atoms. The number of aromatic nitrogens is 1. The fourth-order valence-corrected chi connectivity index (χ4v) is 8.83. The van der Waals surface area contributed by atoms with Gasteiger partial charge in [-0.15, -0.1) is 0 Å². The number of carboxylic acid groups (broad SMARTS) is 1. The number of rotatable bonds is 25. The van der Waals surface area contributed by atoms with Gasteiger partial charge < -0.3 is 65.3 Å². The number of hydrogen-bond acceptors (Lipinski definition) is 10. The van der Waals surface area contributed by atoms with E-state index in [1.54, 1.807) is 42.6 Å². The van der Waals surface area contributed by atoms with Crippen molar-refractivity contribution >= 4 is 74.2 Å². The average Bonchev–Trinajstić information content (AvgIpc) is 3.71. The highest BCUT2D eigenvalue weighted by molar-refractivity contribution is 9.10. The molecule has 20 nitrogen and oxygen atoms in total. The van der Waals surface area contributed by atoms with Crippen LogP contribution in [0.3, 0.4) is 0 Å². The Labute approximate surface area is 401 Å². The molecule has 1 unspecified atom stereocenters. The van der Waals surface area contributed by atoms with Crippen molar-refractivity contribution in [2.24, 2.45) is 33.7 Å². The van der Waals surface area contributed by atoms with E-state index in [0.717, 1.165) is 26.5 Å². The number of nitrogens with zero attached hydrogens (tertiary/aromatic N) is 1. The third kappa shape index (κ3) is 14.6. The van der Waals surface area contributed by atoms with Gasteiger partial charge >= 0.3 is 5.97 Å². The van der Waals surface area contributed by atoms with Crippen molar-refractivity contribution in [3.8, 4) is 0 Å². The van der Waals surface area contributed by atoms with E-state index in [9.17, 15) is 38.7 Å². The Morgan fingerprint density at radius 3 is 2.09 bits per heavy atom. The number of aliphatic carboxylic acids is 1. The van der Waals surface area contributed by atoms with E-state index in [4.69, 9.17) is 28.7 Å². The van der Waals surface area contributed by atoms with Crippen LogP contribution in [0.4, 0.5) is 0 Å². The average molecular weight is 1000 g/mol. The lowest BCUT2D eigenvalue weighted by atomic mass is 9.76. The SMILES string of the molecule is NCCCC[C@H](NC(=O)[C@H](Cc1c[nH]c2ccccc12)NC(=O)[C@H](CCCN=C(N)N)NC(=O)[C@@H](Cc1ccccc1)NC(=O)C1(NC(=O)[C@@H](N)CC(=O)O)CCc2c(Br)cccc2C1)C(N)=O. The number of aliphatic imine (C=N–C) groups is 1. The first-order chi connectivity index (χ1) is 32.5. The molecule has 0 bridgehead atoms. The summed E-state index contributed by atoms with van der Waals surface area (Å²) in [5, 5.41) is 24.1. The third-order valence-corrected chi connectivity index (χ3v) is 12.6. The summed E-state index contributed by atoms with van der Waals surface area (Å²) in [7, 11) is 0. The van der Waals surface area contributed by atoms with Gasteiger partial charge in [0.25, 0.3) is 0 Å². The van der Waals surface area contributed by atoms with Crippen molar-refractivity contribution in [3.05, 3.63) is 106 Å². The summed E-state index contributed by atoms with van der Waals surface area (Å²) in [6.45, 7) is 0.455. The number of benzene rings is 3. The largest absolute Gasteiger partial charge is 0.481 e. The number of unbranched alkanes of at least 4 members (excludes halogenated alkanes) is 1. The maximum atomic E-state index is 14.8. The van der Waals surface area contributed by atoms with Gasteiger partial charge in [0.15, 0.2) is 5.96 Å². The van der Waals surface area contributed by atoms with Crippen LogP contribution in [0.2, 0.25) is 0 Å². The number of guanidine groups is 1. The second-order valence-corrected chi connectivity index (χ2v) is 17.8. The number of amides is 6. The van der Waals surface area contributed by atoms with E-state index in [1.165, 1.54) is 0 Å². The van der Waals surface area contributed by atoms with Gasteiger partial charge in [-0.25, -0.2) is 0 Å². The highest BCUT2D eigenvalue weighted by atomic mass is 79.9. The number of hydrogen-bond donors (Lipinski definition) is 12. The number of carbonyl (C=O) groups is 7. The first-order valence-corrected chi connectivity index (χ1v) is 23.2. The Kier molecular flexibility index (Phi) is 19.0. The molecule has 21 heteroatoms. The molecule has 17 N–H and O–H groups in total. The lowest BCUT2D eigenvalue weighted by Gasteiger charge is -2.39. The molecule has 1 aromatic heterocycles. The summed E-state index contributed by atoms with van der Waals surface area (Å²) >= 11 is 3.57. The minimum absolute atomic E-state index is 0.0157. The Hall–Kier alpha value is -6.84. The van der Waals surface area contributed by atoms with Gasteiger partial charge in [-0.3, -0.25) is 38.6 Å². The van der Waals surface area contributed by atoms with E-state index in [0.29, 0.717) is 36.9 Å². The van der Waals surface area contributed by atoms with Gasteiger partial charge in [0.05, 0.1) is 12.5 Å². The summed E-state index contributed by atoms with van der Waals surface area (Å²) in [4.78, 5) is 103. The van der Waals surface area contributed by atoms with Gasteiger partial charge in [0.2, 0.25) is 35.4 Å². The zero-order valence-corrected chi connectivity index (χ0v) is 39.2. The van der Waals surface area contributed by atoms with Crippen LogP contribution in [0.15, 0.2) is 88.5 Å². The topological polar surface area (TPSA) is 358 Å². The second kappa shape index (κ2) is 24.8. The summed E-state index contributed by atoms with van der Waals surface area (Å²) < 4.78 is 0.805. The highest BCUT2D eigenvalue weighted by Gasteiger charge is 2.45. The maximum absolute atomic E-state index is 14.8. The fourth-order valence-electron chi connectivity index (χ4n) is 8.22. The molecule has 1 aliphatic carbocycles. The van der Waals surface area contributed by atoms with Crippen LogP contribution in [-0.4, -0.2) is 106 Å². The molecule has 4 aromatic rings. The minimum Gasteiger partial charge on any atom is -0.481 e. The second-order valence-electron chi connectivity index (χ2n) is 16.9. The van der Waals surface area contributed by atoms with Crippen LogP contribution in [0.25, 0.3) is 10.9 Å². The summed E-state index contributed by atoms with van der Waals surface area (Å²) in [5.41, 5.74) is 30.6. The van der Waals surface area contributed by atoms with Crippen molar-refractivity contribution in [1.29, 1.82) is 0 Å². The van der Waals surface area contributed by atoms with E-state index in [-0.39, 0.29) is 57.5 Å². The van der Waals surface area contributed by atoms with E-state index < -0.39 is 83.6 Å². The smallest absolute Gasteiger partial charge is 0.305 e. The number of primary amides is 1. The number of H-pyrrole nitrogens is 1. The van der Waals surface area contributed by atoms with Gasteiger partial charge in [-0.1, -0.05) is 76.6 Å². The quantitative estimate of drug-likeness (QED) is 0.0240. The molecule has 0 radical (unpaired) electrons. The van der Waals surface area contributed by atoms with Crippen LogP contribution in [-0.2, 0) is 59.2 Å². The molecule has 1 heterocycles. The van der Waals surface area contributed by atoms with Crippen molar-refractivity contribution in [1.82, 2.24) is 31.6 Å². The zero-order chi connectivity index (χ0) is 49.4. The minimum atomic E-state index is -1.68. The standard InChI is InChI=1S/C47H61BrN12O8/c48-32-14-8-12-28-25-47(19-18-30(28)32,60-41(64)33(50)24-39(61)62)45(68)59-37(22-27-10-2-1-3-11-27)43(66)57-36(17-9-21-54-46(52)53)42(65)58-38(23-29-26-55-34-15-5-4-13-31(29)34)44(67)56-35(40(51)63)16-6-7-20-49/h1-5,8,10-15,26,33,35-38,55H,6-7,9,16-25,49-50H2,(H2,51,63)(H,56,67)(H,57,66)(H,58,65)(H,59,68)(H,60,64)(H,61,62)(H4,52,53,54)/t33-,35-,36-,37+,38-,47?/m0/s1. The molecule has 6 amide bonds. The molecule has 6 atom stereocenters. The summed E-state index contributed by atoms with van der Waals surface area (Å²) in [5.74, 6) is -6.11. The van der Waals surface area contributed by atoms with E-state index in [1.807, 2.05) is 36.4 Å². The van der Waals surface area contributed by atoms with E-state index in [2.05, 4.69) is 52.5 Å². The lowest BCUT2D eigenvalue weighted by molar-refractivity contribution is -0.141. The Bertz CT molecular complexity index is 2460. The number of halogens is 1. The number of nitrogens with two attached hydrogens (primary N) is 5. The molecule has 5 rings (SSSR count). The molecule has 1 aliphatic rings. The van der Waals surface area contributed by atoms with Crippen LogP contribution < -0.4 is 55.3 Å². The molecule has 0 aliphatic heterocycles. The zero-order valence-electron chi connectivity index (χ0n) is 37.6. The third-order valence-electron chi connectivity index (χ3n) is 11.9. The Balaban J connectivity index is 1.47. The van der Waals surface area contributed by atoms with Gasteiger partial charge in [-0.05, 0) is 85.9 Å². The van der Waals surface area contributed by atoms with Crippen molar-refractivity contribution in [2.45, 2.75) is 106 Å². The molecule has 0 saturated carbocycles. The molecule has 0 saturated heterocycles. The number of para-hydroxylation sites is 1. The Morgan fingerprint density at radius 2 is 1.40 bits per heavy atom. The molecular formula is C47H61BrN12O8. The summed E-state index contributed by atoms with van der Waals surface area (Å²) in [6.07, 6.45) is 2.79. The lowest BCUT2D eigenvalue weighted by Crippen LogP contribution is -2.66. The molecule has 3 aromatic carbocycles. The summed E-state index contributed by atoms with van der Waals surface area (Å²) in [6, 6.07) is 15.2. The first kappa shape index (κ1) is 52.1. The fraction of sp³-hybridized carbons (Fsp3) is 0.404. The van der Waals surface area contributed by atoms with Crippen LogP contribution in [0.5, 0.6) is 0 Å². The molecule has 68 heavy (non-hydrogen) atoms. The van der Waals surface area contributed by atoms with Gasteiger partial charge in [0, 0.05) is 47.4 Å². The first-order valence-electron chi connectivity index (χ1n) is 22.4. The van der Waals surface area contributed by atoms with Crippen molar-refractivity contribution in [3.63, 3.8) is 0 Å². The molecule has 364 valence electrons. The number of aromatic amines is 1. The van der Waals surface area contributed by atoms with Crippen molar-refractivity contribution in [2.75, 3.05) is 13.1 Å².